The van der Waals surface area contributed by atoms with Gasteiger partial charge in [0.2, 0.25) is 0 Å². The summed E-state index contributed by atoms with van der Waals surface area (Å²) in [5.74, 6) is 0. The van der Waals surface area contributed by atoms with E-state index in [1.54, 1.807) is 19.0 Å². The summed E-state index contributed by atoms with van der Waals surface area (Å²) in [6.45, 7) is -1.81. The van der Waals surface area contributed by atoms with Crippen molar-refractivity contribution in [1.82, 2.24) is 4.90 Å². The molecule has 8 nitrogen and oxygen atoms in total. The Balaban J connectivity index is 4.11. The first kappa shape index (κ1) is 16.2. The smallest absolute Gasteiger partial charge is 0.289 e. The molecule has 3 N–H and O–H groups in total. The van der Waals surface area contributed by atoms with Crippen LogP contribution in [0.4, 0.5) is 0 Å². The highest BCUT2D eigenvalue weighted by Gasteiger charge is 2.42. The first-order chi connectivity index (χ1) is 7.88. The molecule has 0 aromatic rings. The van der Waals surface area contributed by atoms with Crippen molar-refractivity contribution in [1.29, 1.82) is 0 Å². The van der Waals surface area contributed by atoms with E-state index in [4.69, 9.17) is 14.9 Å². The van der Waals surface area contributed by atoms with Crippen LogP contribution in [0, 0.1) is 10.1 Å². The number of rotatable bonds is 9. The summed E-state index contributed by atoms with van der Waals surface area (Å²) in [5, 5.41) is 37.9. The first-order valence-corrected chi connectivity index (χ1v) is 5.14. The fraction of sp³-hybridized carbons (Fsp3) is 1.00. The Bertz CT molecular complexity index is 232. The van der Waals surface area contributed by atoms with Gasteiger partial charge in [-0.15, -0.1) is 0 Å². The lowest BCUT2D eigenvalue weighted by atomic mass is 10.1. The SMILES string of the molecule is CN(C)CC(O)COCC(CO)(CO)[N+](=O)[O-]. The Morgan fingerprint density at radius 1 is 1.41 bits per heavy atom. The van der Waals surface area contributed by atoms with Crippen LogP contribution in [0.5, 0.6) is 0 Å². The van der Waals surface area contributed by atoms with Gasteiger partial charge in [-0.2, -0.15) is 0 Å². The molecule has 0 aliphatic heterocycles. The van der Waals surface area contributed by atoms with Gasteiger partial charge in [0, 0.05) is 11.5 Å². The lowest BCUT2D eigenvalue weighted by Gasteiger charge is -2.22. The highest BCUT2D eigenvalue weighted by Crippen LogP contribution is 2.09. The topological polar surface area (TPSA) is 116 Å². The molecule has 0 amide bonds. The Morgan fingerprint density at radius 2 is 1.94 bits per heavy atom. The number of hydrogen-bond donors (Lipinski definition) is 3. The van der Waals surface area contributed by atoms with Crippen LogP contribution in [0.2, 0.25) is 0 Å². The predicted octanol–water partition coefficient (Wildman–Crippen LogP) is -2.07. The molecular formula is C9H20N2O6. The molecule has 102 valence electrons. The van der Waals surface area contributed by atoms with E-state index in [-0.39, 0.29) is 6.61 Å². The van der Waals surface area contributed by atoms with Crippen LogP contribution >= 0.6 is 0 Å². The third-order valence-electron chi connectivity index (χ3n) is 2.23. The predicted molar refractivity (Wildman–Crippen MR) is 59.3 cm³/mol. The van der Waals surface area contributed by atoms with E-state index in [1.807, 2.05) is 0 Å². The molecule has 0 aromatic heterocycles. The van der Waals surface area contributed by atoms with E-state index >= 15 is 0 Å². The lowest BCUT2D eigenvalue weighted by Crippen LogP contribution is -2.50. The van der Waals surface area contributed by atoms with Crippen LogP contribution in [0.1, 0.15) is 0 Å². The summed E-state index contributed by atoms with van der Waals surface area (Å²) in [5.41, 5.74) is -1.90. The summed E-state index contributed by atoms with van der Waals surface area (Å²) in [6.07, 6.45) is -0.771. The number of aliphatic hydroxyl groups excluding tert-OH is 3. The van der Waals surface area contributed by atoms with Gasteiger partial charge in [0.15, 0.2) is 0 Å². The lowest BCUT2D eigenvalue weighted by molar-refractivity contribution is -0.581. The van der Waals surface area contributed by atoms with E-state index in [2.05, 4.69) is 0 Å². The molecule has 0 fully saturated rings. The minimum atomic E-state index is -1.90. The van der Waals surface area contributed by atoms with E-state index in [1.165, 1.54) is 0 Å². The summed E-state index contributed by atoms with van der Waals surface area (Å²) in [6, 6.07) is 0. The molecule has 0 heterocycles. The molecule has 0 rings (SSSR count). The highest BCUT2D eigenvalue weighted by molar-refractivity contribution is 4.77. The van der Waals surface area contributed by atoms with Gasteiger partial charge in [0.05, 0.1) is 12.7 Å². The average Bonchev–Trinajstić information content (AvgIpc) is 2.23. The molecule has 0 bridgehead atoms. The maximum atomic E-state index is 10.7. The molecule has 1 unspecified atom stereocenters. The number of likely N-dealkylation sites (N-methyl/N-ethyl adjacent to an activating group) is 1. The number of nitrogens with zero attached hydrogens (tertiary/aromatic N) is 2. The first-order valence-electron chi connectivity index (χ1n) is 5.14. The van der Waals surface area contributed by atoms with Gasteiger partial charge >= 0.3 is 0 Å². The molecule has 0 aliphatic rings. The largest absolute Gasteiger partial charge is 0.389 e. The van der Waals surface area contributed by atoms with E-state index < -0.39 is 36.4 Å². The maximum Gasteiger partial charge on any atom is 0.289 e. The monoisotopic (exact) mass is 252 g/mol. The second-order valence-corrected chi connectivity index (χ2v) is 4.23. The summed E-state index contributed by atoms with van der Waals surface area (Å²) in [7, 11) is 3.54. The zero-order valence-electron chi connectivity index (χ0n) is 10.1. The zero-order valence-corrected chi connectivity index (χ0v) is 10.1. The molecule has 0 radical (unpaired) electrons. The van der Waals surface area contributed by atoms with Gasteiger partial charge in [-0.1, -0.05) is 0 Å². The number of aliphatic hydroxyl groups is 3. The van der Waals surface area contributed by atoms with Crippen LogP contribution in [-0.4, -0.2) is 83.9 Å². The summed E-state index contributed by atoms with van der Waals surface area (Å²) >= 11 is 0. The molecule has 0 aliphatic carbocycles. The zero-order chi connectivity index (χ0) is 13.5. The quantitative estimate of drug-likeness (QED) is 0.318. The standard InChI is InChI=1S/C9H20N2O6/c1-10(2)3-8(14)4-17-7-9(5-12,6-13)11(15)16/h8,12-14H,3-7H2,1-2H3. The second-order valence-electron chi connectivity index (χ2n) is 4.23. The molecule has 0 saturated carbocycles. The number of nitro groups is 1. The van der Waals surface area contributed by atoms with Crippen molar-refractivity contribution in [3.05, 3.63) is 10.1 Å². The van der Waals surface area contributed by atoms with Crippen molar-refractivity contribution in [2.75, 3.05) is 47.1 Å². The van der Waals surface area contributed by atoms with E-state index in [0.717, 1.165) is 0 Å². The van der Waals surface area contributed by atoms with Gasteiger partial charge in [-0.25, -0.2) is 0 Å². The van der Waals surface area contributed by atoms with Crippen molar-refractivity contribution in [2.24, 2.45) is 0 Å². The minimum absolute atomic E-state index is 0.0895. The van der Waals surface area contributed by atoms with Crippen molar-refractivity contribution < 1.29 is 25.0 Å². The minimum Gasteiger partial charge on any atom is -0.389 e. The van der Waals surface area contributed by atoms with Gasteiger partial charge in [-0.05, 0) is 14.1 Å². The third kappa shape index (κ3) is 5.37. The van der Waals surface area contributed by atoms with Gasteiger partial charge in [0.1, 0.15) is 19.8 Å². The maximum absolute atomic E-state index is 10.7. The fourth-order valence-corrected chi connectivity index (χ4v) is 1.17. The van der Waals surface area contributed by atoms with Crippen LogP contribution in [0.25, 0.3) is 0 Å². The van der Waals surface area contributed by atoms with Crippen LogP contribution in [0.15, 0.2) is 0 Å². The third-order valence-corrected chi connectivity index (χ3v) is 2.23. The Labute approximate surface area is 99.6 Å². The van der Waals surface area contributed by atoms with Crippen LogP contribution in [-0.2, 0) is 4.74 Å². The summed E-state index contributed by atoms with van der Waals surface area (Å²) < 4.78 is 4.97. The van der Waals surface area contributed by atoms with Gasteiger partial charge in [-0.3, -0.25) is 10.1 Å². The van der Waals surface area contributed by atoms with Crippen molar-refractivity contribution in [2.45, 2.75) is 11.6 Å². The van der Waals surface area contributed by atoms with Crippen LogP contribution < -0.4 is 0 Å². The fourth-order valence-electron chi connectivity index (χ4n) is 1.17. The second kappa shape index (κ2) is 7.51. The van der Waals surface area contributed by atoms with Crippen molar-refractivity contribution in [3.8, 4) is 0 Å². The molecule has 8 heteroatoms. The van der Waals surface area contributed by atoms with Gasteiger partial charge in [0.25, 0.3) is 5.54 Å². The molecular weight excluding hydrogens is 232 g/mol. The summed E-state index contributed by atoms with van der Waals surface area (Å²) in [4.78, 5) is 11.6. The van der Waals surface area contributed by atoms with Gasteiger partial charge < -0.3 is 25.0 Å². The molecule has 1 atom stereocenters. The van der Waals surface area contributed by atoms with E-state index in [9.17, 15) is 15.2 Å². The Hall–Kier alpha value is -0.800. The molecule has 0 spiro atoms. The average molecular weight is 252 g/mol. The number of ether oxygens (including phenoxy) is 1. The van der Waals surface area contributed by atoms with Crippen LogP contribution in [0.3, 0.4) is 0 Å². The Morgan fingerprint density at radius 3 is 2.29 bits per heavy atom. The molecule has 17 heavy (non-hydrogen) atoms. The van der Waals surface area contributed by atoms with Crippen molar-refractivity contribution >= 4 is 0 Å². The molecule has 0 saturated heterocycles. The number of hydrogen-bond acceptors (Lipinski definition) is 7. The highest BCUT2D eigenvalue weighted by atomic mass is 16.6. The molecule has 0 aromatic carbocycles. The normalized spacial score (nSPS) is 14.0. The Kier molecular flexibility index (Phi) is 7.16. The van der Waals surface area contributed by atoms with Crippen molar-refractivity contribution in [3.63, 3.8) is 0 Å². The van der Waals surface area contributed by atoms with E-state index in [0.29, 0.717) is 6.54 Å².